The summed E-state index contributed by atoms with van der Waals surface area (Å²) < 4.78 is 0. The van der Waals surface area contributed by atoms with E-state index in [1.165, 1.54) is 12.1 Å². The normalized spacial score (nSPS) is 10.8. The third-order valence-electron chi connectivity index (χ3n) is 9.85. The summed E-state index contributed by atoms with van der Waals surface area (Å²) in [6, 6.07) is 34.8. The molecule has 3 amide bonds. The summed E-state index contributed by atoms with van der Waals surface area (Å²) in [6.07, 6.45) is 2.59. The zero-order chi connectivity index (χ0) is 46.9. The van der Waals surface area contributed by atoms with Gasteiger partial charge in [0.15, 0.2) is 17.5 Å². The molecule has 336 valence electrons. The Bertz CT molecular complexity index is 3160. The Balaban J connectivity index is 0.000000147. The number of amides is 3. The SMILES string of the molecule is CCCC(=O)Nc1n[nH]c2cc(-c3cc(Cl)cc(Cl)c3)ccc12.CCCC(=O)Nc1n[nH]c2cc(-c3ccc(Cl)cc3)ccc12.O=C(Nc1n[nH]c2cc(Cl)ccc12)c1cc(Cl)cc(Cl)c1. The second-order valence-electron chi connectivity index (χ2n) is 14.8. The summed E-state index contributed by atoms with van der Waals surface area (Å²) in [5.74, 6) is 1.15. The monoisotopic (exact) mass is 999 g/mol. The van der Waals surface area contributed by atoms with Crippen LogP contribution in [-0.4, -0.2) is 48.3 Å². The Morgan fingerprint density at radius 1 is 0.424 bits per heavy atom. The summed E-state index contributed by atoms with van der Waals surface area (Å²) in [5, 5.41) is 35.3. The topological polar surface area (TPSA) is 173 Å². The van der Waals surface area contributed by atoms with Crippen LogP contribution in [0.3, 0.4) is 0 Å². The minimum atomic E-state index is -0.345. The first-order valence-electron chi connectivity index (χ1n) is 20.5. The first-order valence-corrected chi connectivity index (χ1v) is 22.7. The second-order valence-corrected chi connectivity index (χ2v) is 17.4. The molecule has 0 saturated carbocycles. The smallest absolute Gasteiger partial charge is 0.256 e. The Morgan fingerprint density at radius 2 is 0.818 bits per heavy atom. The molecular weight excluding hydrogens is 963 g/mol. The zero-order valence-electron chi connectivity index (χ0n) is 35.1. The molecule has 0 aliphatic rings. The first kappa shape index (κ1) is 47.8. The Morgan fingerprint density at radius 3 is 1.30 bits per heavy atom. The van der Waals surface area contributed by atoms with Gasteiger partial charge in [-0.2, -0.15) is 15.3 Å². The van der Waals surface area contributed by atoms with Crippen LogP contribution in [0, 0.1) is 0 Å². The van der Waals surface area contributed by atoms with Crippen molar-refractivity contribution in [3.8, 4) is 22.3 Å². The number of benzene rings is 6. The molecule has 0 aliphatic heterocycles. The standard InChI is InChI=1S/C17H15Cl2N3O.C17H16ClN3O.C14H8Cl3N3O/c1-2-3-16(23)20-17-14-5-4-10(8-15(14)21-22-17)11-6-12(18)9-13(19)7-11;1-2-3-16(22)19-17-14-9-6-12(10-15(14)20-21-17)11-4-7-13(18)8-5-11;15-8-1-2-11-12(6-8)19-20-13(11)18-14(21)7-3-9(16)5-10(17)4-7/h4-9H,2-3H2,1H3,(H2,20,21,22,23);4-10H,2-3H2,1H3,(H2,19,20,21,22);1-6H,(H2,18,19,20,21). The van der Waals surface area contributed by atoms with Crippen LogP contribution in [0.25, 0.3) is 55.0 Å². The fourth-order valence-corrected chi connectivity index (χ4v) is 8.10. The number of rotatable bonds is 10. The van der Waals surface area contributed by atoms with Gasteiger partial charge in [-0.15, -0.1) is 0 Å². The van der Waals surface area contributed by atoms with Crippen molar-refractivity contribution in [2.75, 3.05) is 16.0 Å². The number of H-pyrrole nitrogens is 3. The number of hydrogen-bond acceptors (Lipinski definition) is 6. The van der Waals surface area contributed by atoms with Crippen molar-refractivity contribution >= 4 is 137 Å². The second kappa shape index (κ2) is 21.9. The average Bonchev–Trinajstić information content (AvgIpc) is 4.00. The average molecular weight is 1000 g/mol. The predicted molar refractivity (Wildman–Crippen MR) is 271 cm³/mol. The highest BCUT2D eigenvalue weighted by molar-refractivity contribution is 6.36. The fourth-order valence-electron chi connectivity index (χ4n) is 6.75. The summed E-state index contributed by atoms with van der Waals surface area (Å²) in [5.41, 5.74) is 6.87. The fraction of sp³-hybridized carbons (Fsp3) is 0.125. The summed E-state index contributed by atoms with van der Waals surface area (Å²) in [4.78, 5) is 35.6. The van der Waals surface area contributed by atoms with Crippen LogP contribution in [-0.2, 0) is 9.59 Å². The number of halogens is 6. The summed E-state index contributed by atoms with van der Waals surface area (Å²) in [6.45, 7) is 3.94. The molecule has 3 aromatic heterocycles. The van der Waals surface area contributed by atoms with Crippen molar-refractivity contribution < 1.29 is 14.4 Å². The van der Waals surface area contributed by atoms with Crippen LogP contribution in [0.5, 0.6) is 0 Å². The molecule has 66 heavy (non-hydrogen) atoms. The van der Waals surface area contributed by atoms with Crippen molar-refractivity contribution in [2.24, 2.45) is 0 Å². The number of carbonyl (C=O) groups is 3. The van der Waals surface area contributed by atoms with E-state index in [1.54, 1.807) is 30.3 Å². The number of nitrogens with zero attached hydrogens (tertiary/aromatic N) is 3. The van der Waals surface area contributed by atoms with Crippen LogP contribution in [0.4, 0.5) is 17.5 Å². The van der Waals surface area contributed by atoms with Crippen LogP contribution in [0.2, 0.25) is 30.1 Å². The van der Waals surface area contributed by atoms with Crippen molar-refractivity contribution in [1.82, 2.24) is 30.6 Å². The first-order chi connectivity index (χ1) is 31.8. The molecule has 12 nitrogen and oxygen atoms in total. The lowest BCUT2D eigenvalue weighted by molar-refractivity contribution is -0.117. The maximum absolute atomic E-state index is 12.2. The molecule has 9 aromatic rings. The van der Waals surface area contributed by atoms with E-state index in [2.05, 4.69) is 46.5 Å². The van der Waals surface area contributed by atoms with Crippen LogP contribution < -0.4 is 16.0 Å². The molecule has 9 rings (SSSR count). The van der Waals surface area contributed by atoms with Crippen molar-refractivity contribution in [1.29, 1.82) is 0 Å². The lowest BCUT2D eigenvalue weighted by atomic mass is 10.0. The number of nitrogens with one attached hydrogen (secondary N) is 6. The van der Waals surface area contributed by atoms with E-state index in [0.717, 1.165) is 67.8 Å². The molecule has 6 N–H and O–H groups in total. The quantitative estimate of drug-likeness (QED) is 0.0795. The van der Waals surface area contributed by atoms with Crippen LogP contribution >= 0.6 is 69.6 Å². The Hall–Kier alpha value is -6.12. The van der Waals surface area contributed by atoms with E-state index in [-0.39, 0.29) is 17.7 Å². The van der Waals surface area contributed by atoms with Gasteiger partial charge >= 0.3 is 0 Å². The largest absolute Gasteiger partial charge is 0.309 e. The van der Waals surface area contributed by atoms with Crippen molar-refractivity contribution in [2.45, 2.75) is 39.5 Å². The predicted octanol–water partition coefficient (Wildman–Crippen LogP) is 14.7. The zero-order valence-corrected chi connectivity index (χ0v) is 39.7. The molecule has 0 spiro atoms. The molecule has 0 aliphatic carbocycles. The van der Waals surface area contributed by atoms with Gasteiger partial charge in [-0.1, -0.05) is 108 Å². The molecule has 0 fully saturated rings. The van der Waals surface area contributed by atoms with Gasteiger partial charge in [0, 0.05) is 64.7 Å². The van der Waals surface area contributed by atoms with Gasteiger partial charge in [0.1, 0.15) is 0 Å². The highest BCUT2D eigenvalue weighted by atomic mass is 35.5. The van der Waals surface area contributed by atoms with E-state index < -0.39 is 0 Å². The molecule has 0 atom stereocenters. The maximum atomic E-state index is 12.2. The molecule has 0 unspecified atom stereocenters. The van der Waals surface area contributed by atoms with E-state index in [0.29, 0.717) is 66.0 Å². The Kier molecular flexibility index (Phi) is 15.9. The van der Waals surface area contributed by atoms with Crippen LogP contribution in [0.1, 0.15) is 49.9 Å². The highest BCUT2D eigenvalue weighted by Crippen LogP contribution is 2.32. The number of fused-ring (bicyclic) bond motifs is 3. The molecule has 18 heteroatoms. The number of aromatic amines is 3. The van der Waals surface area contributed by atoms with Gasteiger partial charge < -0.3 is 16.0 Å². The number of aromatic nitrogens is 6. The molecule has 0 bridgehead atoms. The molecule has 0 radical (unpaired) electrons. The van der Waals surface area contributed by atoms with Gasteiger partial charge in [0.05, 0.1) is 16.6 Å². The number of anilines is 3. The third-order valence-corrected chi connectivity index (χ3v) is 11.2. The summed E-state index contributed by atoms with van der Waals surface area (Å²) >= 11 is 35.7. The van der Waals surface area contributed by atoms with Gasteiger partial charge in [-0.05, 0) is 126 Å². The van der Waals surface area contributed by atoms with Gasteiger partial charge in [0.2, 0.25) is 11.8 Å². The van der Waals surface area contributed by atoms with Gasteiger partial charge in [-0.3, -0.25) is 29.7 Å². The maximum Gasteiger partial charge on any atom is 0.256 e. The lowest BCUT2D eigenvalue weighted by Gasteiger charge is -2.05. The minimum Gasteiger partial charge on any atom is -0.309 e. The number of hydrogen-bond donors (Lipinski definition) is 6. The minimum absolute atomic E-state index is 0.0160. The number of carbonyl (C=O) groups excluding carboxylic acids is 3. The van der Waals surface area contributed by atoms with E-state index in [9.17, 15) is 14.4 Å². The van der Waals surface area contributed by atoms with Crippen molar-refractivity contribution in [3.05, 3.63) is 151 Å². The summed E-state index contributed by atoms with van der Waals surface area (Å²) in [7, 11) is 0. The highest BCUT2D eigenvalue weighted by Gasteiger charge is 2.14. The Labute approximate surface area is 408 Å². The van der Waals surface area contributed by atoms with E-state index >= 15 is 0 Å². The van der Waals surface area contributed by atoms with E-state index in [4.69, 9.17) is 69.6 Å². The van der Waals surface area contributed by atoms with E-state index in [1.807, 2.05) is 86.6 Å². The van der Waals surface area contributed by atoms with Crippen molar-refractivity contribution in [3.63, 3.8) is 0 Å². The molecule has 0 saturated heterocycles. The van der Waals surface area contributed by atoms with Crippen LogP contribution in [0.15, 0.2) is 115 Å². The molecular formula is C48H39Cl6N9O3. The van der Waals surface area contributed by atoms with Gasteiger partial charge in [-0.25, -0.2) is 0 Å². The lowest BCUT2D eigenvalue weighted by Crippen LogP contribution is -2.12. The molecule has 3 heterocycles. The molecule has 6 aromatic carbocycles. The van der Waals surface area contributed by atoms with Gasteiger partial charge in [0.25, 0.3) is 5.91 Å². The third kappa shape index (κ3) is 12.2.